The van der Waals surface area contributed by atoms with E-state index >= 15 is 0 Å². The molecule has 0 saturated heterocycles. The number of allylic oxidation sites excluding steroid dienone is 2. The molecule has 0 unspecified atom stereocenters. The highest BCUT2D eigenvalue weighted by molar-refractivity contribution is 5.87. The van der Waals surface area contributed by atoms with Crippen molar-refractivity contribution >= 4 is 5.97 Å². The van der Waals surface area contributed by atoms with E-state index in [1.54, 1.807) is 0 Å². The van der Waals surface area contributed by atoms with E-state index in [0.717, 1.165) is 6.42 Å². The fraction of sp³-hybridized carbons (Fsp3) is 0.444. The maximum atomic E-state index is 10.5. The third-order valence-corrected chi connectivity index (χ3v) is 1.44. The first-order valence-corrected chi connectivity index (χ1v) is 3.88. The molecule has 0 atom stereocenters. The lowest BCUT2D eigenvalue weighted by atomic mass is 10.1. The Bertz CT molecular complexity index is 204. The van der Waals surface area contributed by atoms with Gasteiger partial charge in [0.05, 0.1) is 5.57 Å². The van der Waals surface area contributed by atoms with Gasteiger partial charge in [-0.2, -0.15) is 0 Å². The highest BCUT2D eigenvalue weighted by Gasteiger charge is 2.10. The number of rotatable bonds is 5. The van der Waals surface area contributed by atoms with Gasteiger partial charge >= 0.3 is 5.97 Å². The van der Waals surface area contributed by atoms with Crippen molar-refractivity contribution in [2.45, 2.75) is 26.2 Å². The van der Waals surface area contributed by atoms with Crippen molar-refractivity contribution < 1.29 is 15.0 Å². The molecule has 0 aromatic heterocycles. The molecule has 0 aromatic carbocycles. The van der Waals surface area contributed by atoms with Crippen LogP contribution in [-0.4, -0.2) is 16.2 Å². The van der Waals surface area contributed by atoms with Gasteiger partial charge in [-0.25, -0.2) is 4.79 Å². The number of aliphatic hydroxyl groups is 1. The van der Waals surface area contributed by atoms with Crippen LogP contribution >= 0.6 is 0 Å². The van der Waals surface area contributed by atoms with Crippen molar-refractivity contribution in [1.29, 1.82) is 0 Å². The fourth-order valence-corrected chi connectivity index (χ4v) is 0.861. The molecule has 0 aliphatic heterocycles. The van der Waals surface area contributed by atoms with Gasteiger partial charge in [-0.3, -0.25) is 0 Å². The molecule has 3 nitrogen and oxygen atoms in total. The summed E-state index contributed by atoms with van der Waals surface area (Å²) in [6.07, 6.45) is 2.83. The SMILES string of the molecule is C=CCC(C(=O)O)=C(O)CCC. The molecule has 3 heteroatoms. The topological polar surface area (TPSA) is 57.5 Å². The summed E-state index contributed by atoms with van der Waals surface area (Å²) in [7, 11) is 0. The van der Waals surface area contributed by atoms with Crippen LogP contribution in [-0.2, 0) is 4.79 Å². The summed E-state index contributed by atoms with van der Waals surface area (Å²) in [5.74, 6) is -1.11. The molecule has 0 bridgehead atoms. The highest BCUT2D eigenvalue weighted by Crippen LogP contribution is 2.12. The number of carboxylic acid groups (broad SMARTS) is 1. The lowest BCUT2D eigenvalue weighted by molar-refractivity contribution is -0.132. The molecule has 0 aromatic rings. The Hall–Kier alpha value is -1.25. The standard InChI is InChI=1S/C9H14O3/c1-3-5-7(9(11)12)8(10)6-4-2/h3,10H,1,4-6H2,2H3,(H,11,12). The third kappa shape index (κ3) is 3.23. The molecular formula is C9H14O3. The molecule has 12 heavy (non-hydrogen) atoms. The normalized spacial score (nSPS) is 12.1. The van der Waals surface area contributed by atoms with Crippen LogP contribution in [0.2, 0.25) is 0 Å². The first-order chi connectivity index (χ1) is 5.63. The summed E-state index contributed by atoms with van der Waals surface area (Å²) in [4.78, 5) is 10.5. The molecule has 0 saturated carbocycles. The van der Waals surface area contributed by atoms with Crippen LogP contribution in [0.5, 0.6) is 0 Å². The molecule has 2 N–H and O–H groups in total. The van der Waals surface area contributed by atoms with Gasteiger partial charge < -0.3 is 10.2 Å². The minimum Gasteiger partial charge on any atom is -0.512 e. The summed E-state index contributed by atoms with van der Waals surface area (Å²) in [5.41, 5.74) is 0.0480. The smallest absolute Gasteiger partial charge is 0.335 e. The van der Waals surface area contributed by atoms with E-state index in [4.69, 9.17) is 5.11 Å². The van der Waals surface area contributed by atoms with Crippen molar-refractivity contribution in [2.24, 2.45) is 0 Å². The molecule has 0 aliphatic rings. The first-order valence-electron chi connectivity index (χ1n) is 3.88. The van der Waals surface area contributed by atoms with E-state index in [1.807, 2.05) is 6.92 Å². The van der Waals surface area contributed by atoms with Gasteiger partial charge in [-0.15, -0.1) is 6.58 Å². The Morgan fingerprint density at radius 1 is 1.50 bits per heavy atom. The van der Waals surface area contributed by atoms with Crippen LogP contribution in [0, 0.1) is 0 Å². The summed E-state index contributed by atoms with van der Waals surface area (Å²) >= 11 is 0. The van der Waals surface area contributed by atoms with Crippen LogP contribution < -0.4 is 0 Å². The summed E-state index contributed by atoms with van der Waals surface area (Å²) in [6.45, 7) is 5.30. The molecule has 0 aliphatic carbocycles. The van der Waals surface area contributed by atoms with Crippen LogP contribution in [0.25, 0.3) is 0 Å². The monoisotopic (exact) mass is 170 g/mol. The Balaban J connectivity index is 4.54. The van der Waals surface area contributed by atoms with Crippen molar-refractivity contribution in [3.63, 3.8) is 0 Å². The van der Waals surface area contributed by atoms with Crippen LogP contribution in [0.1, 0.15) is 26.2 Å². The predicted octanol–water partition coefficient (Wildman–Crippen LogP) is 2.26. The van der Waals surface area contributed by atoms with Crippen LogP contribution in [0.4, 0.5) is 0 Å². The second-order valence-electron chi connectivity index (χ2n) is 2.47. The number of hydrogen-bond acceptors (Lipinski definition) is 2. The van der Waals surface area contributed by atoms with Crippen molar-refractivity contribution in [2.75, 3.05) is 0 Å². The quantitative estimate of drug-likeness (QED) is 0.378. The fourth-order valence-electron chi connectivity index (χ4n) is 0.861. The molecule has 68 valence electrons. The van der Waals surface area contributed by atoms with Crippen molar-refractivity contribution in [3.05, 3.63) is 24.0 Å². The highest BCUT2D eigenvalue weighted by atomic mass is 16.4. The van der Waals surface area contributed by atoms with Gasteiger partial charge in [0, 0.05) is 12.8 Å². The van der Waals surface area contributed by atoms with Crippen LogP contribution in [0.15, 0.2) is 24.0 Å². The first kappa shape index (κ1) is 10.8. The van der Waals surface area contributed by atoms with Gasteiger partial charge in [0.2, 0.25) is 0 Å². The minimum absolute atomic E-state index is 0.0371. The zero-order valence-corrected chi connectivity index (χ0v) is 7.21. The number of aliphatic carboxylic acids is 1. The molecule has 0 radical (unpaired) electrons. The van der Waals surface area contributed by atoms with E-state index in [2.05, 4.69) is 6.58 Å². The van der Waals surface area contributed by atoms with Gasteiger partial charge in [0.15, 0.2) is 0 Å². The zero-order valence-electron chi connectivity index (χ0n) is 7.21. The van der Waals surface area contributed by atoms with E-state index in [0.29, 0.717) is 6.42 Å². The summed E-state index contributed by atoms with van der Waals surface area (Å²) in [6, 6.07) is 0. The van der Waals surface area contributed by atoms with Gasteiger partial charge in [0.1, 0.15) is 5.76 Å². The molecule has 0 fully saturated rings. The van der Waals surface area contributed by atoms with E-state index in [1.165, 1.54) is 6.08 Å². The van der Waals surface area contributed by atoms with Crippen LogP contribution in [0.3, 0.4) is 0 Å². The maximum absolute atomic E-state index is 10.5. The Morgan fingerprint density at radius 2 is 2.08 bits per heavy atom. The van der Waals surface area contributed by atoms with E-state index in [9.17, 15) is 9.90 Å². The Morgan fingerprint density at radius 3 is 2.42 bits per heavy atom. The van der Waals surface area contributed by atoms with E-state index in [-0.39, 0.29) is 17.8 Å². The number of aliphatic hydroxyl groups excluding tert-OH is 1. The van der Waals surface area contributed by atoms with Gasteiger partial charge in [-0.05, 0) is 6.42 Å². The Kier molecular flexibility index (Phi) is 4.84. The second kappa shape index (κ2) is 5.41. The molecule has 0 amide bonds. The summed E-state index contributed by atoms with van der Waals surface area (Å²) < 4.78 is 0. The predicted molar refractivity (Wildman–Crippen MR) is 47.0 cm³/mol. The lowest BCUT2D eigenvalue weighted by Gasteiger charge is -2.02. The zero-order chi connectivity index (χ0) is 9.56. The average Bonchev–Trinajstić information content (AvgIpc) is 1.99. The van der Waals surface area contributed by atoms with Crippen molar-refractivity contribution in [3.8, 4) is 0 Å². The summed E-state index contributed by atoms with van der Waals surface area (Å²) in [5, 5.41) is 17.9. The third-order valence-electron chi connectivity index (χ3n) is 1.44. The maximum Gasteiger partial charge on any atom is 0.335 e. The van der Waals surface area contributed by atoms with Gasteiger partial charge in [-0.1, -0.05) is 13.0 Å². The Labute approximate surface area is 72.0 Å². The molecule has 0 heterocycles. The molecule has 0 rings (SSSR count). The largest absolute Gasteiger partial charge is 0.512 e. The van der Waals surface area contributed by atoms with Gasteiger partial charge in [0.25, 0.3) is 0 Å². The lowest BCUT2D eigenvalue weighted by Crippen LogP contribution is -2.03. The number of carbonyl (C=O) groups is 1. The number of hydrogen-bond donors (Lipinski definition) is 2. The second-order valence-corrected chi connectivity index (χ2v) is 2.47. The van der Waals surface area contributed by atoms with Crippen molar-refractivity contribution in [1.82, 2.24) is 0 Å². The minimum atomic E-state index is -1.07. The number of carboxylic acids is 1. The molecular weight excluding hydrogens is 156 g/mol. The van der Waals surface area contributed by atoms with E-state index < -0.39 is 5.97 Å². The average molecular weight is 170 g/mol. The molecule has 0 spiro atoms.